The summed E-state index contributed by atoms with van der Waals surface area (Å²) in [7, 11) is 1.55. The molecule has 27 heavy (non-hydrogen) atoms. The third-order valence-electron chi connectivity index (χ3n) is 5.55. The Bertz CT molecular complexity index is 871. The number of hydrogen-bond donors (Lipinski definition) is 1. The van der Waals surface area contributed by atoms with Gasteiger partial charge >= 0.3 is 0 Å². The molecule has 0 radical (unpaired) electrons. The Morgan fingerprint density at radius 1 is 1.15 bits per heavy atom. The van der Waals surface area contributed by atoms with Crippen LogP contribution in [0.1, 0.15) is 33.6 Å². The van der Waals surface area contributed by atoms with Crippen LogP contribution < -0.4 is 10.1 Å². The van der Waals surface area contributed by atoms with Crippen molar-refractivity contribution in [3.8, 4) is 5.75 Å². The molecule has 1 saturated heterocycles. The fourth-order valence-corrected chi connectivity index (χ4v) is 4.39. The molecule has 2 amide bonds. The lowest BCUT2D eigenvalue weighted by Gasteiger charge is -2.32. The number of fused-ring (bicyclic) bond motifs is 2. The second-order valence-corrected chi connectivity index (χ2v) is 7.57. The number of piperidine rings is 1. The molecular formula is C21H21ClN2O3. The fourth-order valence-electron chi connectivity index (χ4n) is 4.22. The number of carbonyl (C=O) groups excluding carboxylic acids is 2. The highest BCUT2D eigenvalue weighted by Gasteiger charge is 2.47. The van der Waals surface area contributed by atoms with E-state index in [-0.39, 0.29) is 29.8 Å². The number of nitrogens with zero attached hydrogens (tertiary/aromatic N) is 1. The molecule has 4 rings (SSSR count). The molecule has 0 spiro atoms. The van der Waals surface area contributed by atoms with Crippen LogP contribution in [0.15, 0.2) is 48.5 Å². The molecule has 3 unspecified atom stereocenters. The number of ether oxygens (including phenoxy) is 1. The fraction of sp³-hybridized carbons (Fsp3) is 0.333. The van der Waals surface area contributed by atoms with Crippen LogP contribution in [0.25, 0.3) is 0 Å². The molecule has 2 aromatic rings. The third-order valence-corrected chi connectivity index (χ3v) is 5.78. The van der Waals surface area contributed by atoms with Gasteiger partial charge < -0.3 is 15.0 Å². The molecule has 6 heteroatoms. The Kier molecular flexibility index (Phi) is 4.79. The molecule has 140 valence electrons. The van der Waals surface area contributed by atoms with Gasteiger partial charge in [0.1, 0.15) is 5.75 Å². The minimum Gasteiger partial charge on any atom is -0.496 e. The summed E-state index contributed by atoms with van der Waals surface area (Å²) in [5.41, 5.74) is 1.15. The van der Waals surface area contributed by atoms with Crippen molar-refractivity contribution in [3.05, 3.63) is 64.7 Å². The first-order valence-corrected chi connectivity index (χ1v) is 9.45. The lowest BCUT2D eigenvalue weighted by molar-refractivity contribution is 0.0676. The van der Waals surface area contributed by atoms with Crippen molar-refractivity contribution in [3.63, 3.8) is 0 Å². The van der Waals surface area contributed by atoms with Crippen LogP contribution in [-0.4, -0.2) is 42.5 Å². The number of nitrogens with one attached hydrogen (secondary N) is 1. The average Bonchev–Trinajstić information content (AvgIpc) is 3.28. The van der Waals surface area contributed by atoms with Crippen molar-refractivity contribution in [1.29, 1.82) is 0 Å². The number of amides is 2. The first kappa shape index (κ1) is 17.9. The third kappa shape index (κ3) is 3.39. The molecule has 1 heterocycles. The topological polar surface area (TPSA) is 58.6 Å². The quantitative estimate of drug-likeness (QED) is 0.879. The van der Waals surface area contributed by atoms with Crippen LogP contribution in [-0.2, 0) is 0 Å². The minimum absolute atomic E-state index is 0.0532. The summed E-state index contributed by atoms with van der Waals surface area (Å²) in [4.78, 5) is 27.3. The summed E-state index contributed by atoms with van der Waals surface area (Å²) >= 11 is 6.07. The number of methoxy groups -OCH3 is 1. The van der Waals surface area contributed by atoms with Crippen molar-refractivity contribution < 1.29 is 14.3 Å². The second kappa shape index (κ2) is 7.24. The van der Waals surface area contributed by atoms with E-state index in [0.29, 0.717) is 28.4 Å². The lowest BCUT2D eigenvalue weighted by atomic mass is 10.0. The van der Waals surface area contributed by atoms with Gasteiger partial charge in [0.05, 0.1) is 12.7 Å². The molecule has 3 atom stereocenters. The van der Waals surface area contributed by atoms with Gasteiger partial charge in [-0.2, -0.15) is 0 Å². The Balaban J connectivity index is 1.44. The molecule has 1 N–H and O–H groups in total. The smallest absolute Gasteiger partial charge is 0.257 e. The molecule has 5 nitrogen and oxygen atoms in total. The van der Waals surface area contributed by atoms with Gasteiger partial charge in [-0.25, -0.2) is 0 Å². The zero-order valence-electron chi connectivity index (χ0n) is 15.0. The maximum Gasteiger partial charge on any atom is 0.257 e. The molecular weight excluding hydrogens is 364 g/mol. The summed E-state index contributed by atoms with van der Waals surface area (Å²) in [5, 5.41) is 3.65. The molecule has 2 aliphatic rings. The summed E-state index contributed by atoms with van der Waals surface area (Å²) in [6.45, 7) is 0.638. The highest BCUT2D eigenvalue weighted by Crippen LogP contribution is 2.39. The second-order valence-electron chi connectivity index (χ2n) is 7.13. The summed E-state index contributed by atoms with van der Waals surface area (Å²) in [5.74, 6) is 0.690. The van der Waals surface area contributed by atoms with Crippen molar-refractivity contribution >= 4 is 23.4 Å². The van der Waals surface area contributed by atoms with Crippen LogP contribution in [0.5, 0.6) is 5.75 Å². The van der Waals surface area contributed by atoms with Gasteiger partial charge in [0.2, 0.25) is 0 Å². The number of benzene rings is 2. The normalized spacial score (nSPS) is 23.3. The van der Waals surface area contributed by atoms with E-state index in [1.165, 1.54) is 0 Å². The van der Waals surface area contributed by atoms with Crippen LogP contribution in [0.2, 0.25) is 5.02 Å². The van der Waals surface area contributed by atoms with Gasteiger partial charge in [-0.1, -0.05) is 29.8 Å². The summed E-state index contributed by atoms with van der Waals surface area (Å²) in [6, 6.07) is 14.5. The Hall–Kier alpha value is -2.53. The van der Waals surface area contributed by atoms with Crippen molar-refractivity contribution in [2.75, 3.05) is 13.7 Å². The summed E-state index contributed by atoms with van der Waals surface area (Å²) in [6.07, 6.45) is 1.69. The van der Waals surface area contributed by atoms with Gasteiger partial charge in [-0.05, 0) is 49.1 Å². The maximum atomic E-state index is 13.0. The van der Waals surface area contributed by atoms with E-state index in [9.17, 15) is 9.59 Å². The molecule has 0 aromatic heterocycles. The first-order valence-electron chi connectivity index (χ1n) is 9.07. The van der Waals surface area contributed by atoms with Crippen LogP contribution >= 0.6 is 11.6 Å². The molecule has 2 bridgehead atoms. The number of hydrogen-bond acceptors (Lipinski definition) is 3. The van der Waals surface area contributed by atoms with E-state index >= 15 is 0 Å². The molecule has 2 fully saturated rings. The molecule has 1 aliphatic carbocycles. The predicted molar refractivity (Wildman–Crippen MR) is 103 cm³/mol. The van der Waals surface area contributed by atoms with Gasteiger partial charge in [-0.3, -0.25) is 9.59 Å². The van der Waals surface area contributed by atoms with Crippen molar-refractivity contribution in [2.24, 2.45) is 5.92 Å². The minimum atomic E-state index is -0.0605. The largest absolute Gasteiger partial charge is 0.496 e. The van der Waals surface area contributed by atoms with Gasteiger partial charge in [0.15, 0.2) is 0 Å². The SMILES string of the molecule is COc1ccc(Cl)cc1C(=O)N1CC2CC1CC2NC(=O)c1ccccc1. The zero-order valence-corrected chi connectivity index (χ0v) is 15.8. The predicted octanol–water partition coefficient (Wildman–Crippen LogP) is 3.38. The molecule has 1 saturated carbocycles. The highest BCUT2D eigenvalue weighted by molar-refractivity contribution is 6.31. The van der Waals surface area contributed by atoms with E-state index in [0.717, 1.165) is 12.8 Å². The van der Waals surface area contributed by atoms with Crippen molar-refractivity contribution in [2.45, 2.75) is 24.9 Å². The van der Waals surface area contributed by atoms with E-state index in [1.807, 2.05) is 35.2 Å². The van der Waals surface area contributed by atoms with Gasteiger partial charge in [0, 0.05) is 29.2 Å². The van der Waals surface area contributed by atoms with Crippen LogP contribution in [0, 0.1) is 5.92 Å². The van der Waals surface area contributed by atoms with E-state index < -0.39 is 0 Å². The first-order chi connectivity index (χ1) is 13.1. The van der Waals surface area contributed by atoms with E-state index in [4.69, 9.17) is 16.3 Å². The van der Waals surface area contributed by atoms with Gasteiger partial charge in [0.25, 0.3) is 11.8 Å². The van der Waals surface area contributed by atoms with Gasteiger partial charge in [-0.15, -0.1) is 0 Å². The standard InChI is InChI=1S/C21H21ClN2O3/c1-27-19-8-7-15(22)10-17(19)21(26)24-12-14-9-16(24)11-18(14)23-20(25)13-5-3-2-4-6-13/h2-8,10,14,16,18H,9,11-12H2,1H3,(H,23,25). The zero-order chi connectivity index (χ0) is 19.0. The number of likely N-dealkylation sites (tertiary alicyclic amines) is 1. The van der Waals surface area contributed by atoms with E-state index in [2.05, 4.69) is 5.32 Å². The number of halogens is 1. The summed E-state index contributed by atoms with van der Waals surface area (Å²) < 4.78 is 5.32. The Morgan fingerprint density at radius 2 is 1.93 bits per heavy atom. The maximum absolute atomic E-state index is 13.0. The van der Waals surface area contributed by atoms with Crippen LogP contribution in [0.4, 0.5) is 0 Å². The van der Waals surface area contributed by atoms with Crippen LogP contribution in [0.3, 0.4) is 0 Å². The average molecular weight is 385 g/mol. The van der Waals surface area contributed by atoms with Crippen molar-refractivity contribution in [1.82, 2.24) is 10.2 Å². The monoisotopic (exact) mass is 384 g/mol. The number of carbonyl (C=O) groups is 2. The highest BCUT2D eigenvalue weighted by atomic mass is 35.5. The lowest BCUT2D eigenvalue weighted by Crippen LogP contribution is -2.47. The number of rotatable bonds is 4. The Morgan fingerprint density at radius 3 is 2.59 bits per heavy atom. The van der Waals surface area contributed by atoms with E-state index in [1.54, 1.807) is 25.3 Å². The molecule has 2 aromatic carbocycles. The molecule has 1 aliphatic heterocycles. The Labute approximate surface area is 163 Å².